The number of ether oxygens (including phenoxy) is 3. The van der Waals surface area contributed by atoms with Crippen molar-refractivity contribution in [1.29, 1.82) is 0 Å². The number of amides is 1. The molecule has 0 atom stereocenters. The van der Waals surface area contributed by atoms with Crippen molar-refractivity contribution in [1.82, 2.24) is 4.98 Å². The van der Waals surface area contributed by atoms with Gasteiger partial charge < -0.3 is 19.5 Å². The number of rotatable bonds is 7. The van der Waals surface area contributed by atoms with E-state index in [0.29, 0.717) is 28.1 Å². The van der Waals surface area contributed by atoms with Crippen molar-refractivity contribution in [3.63, 3.8) is 0 Å². The van der Waals surface area contributed by atoms with Gasteiger partial charge in [0, 0.05) is 17.1 Å². The lowest BCUT2D eigenvalue weighted by atomic mass is 10.1. The maximum atomic E-state index is 12.3. The molecule has 0 fully saturated rings. The fourth-order valence-electron chi connectivity index (χ4n) is 2.79. The molecule has 1 amide bonds. The Bertz CT molecular complexity index is 1030. The van der Waals surface area contributed by atoms with Gasteiger partial charge in [0.1, 0.15) is 11.5 Å². The van der Waals surface area contributed by atoms with Crippen LogP contribution < -0.4 is 14.8 Å². The third-order valence-electron chi connectivity index (χ3n) is 4.38. The quantitative estimate of drug-likeness (QED) is 0.616. The summed E-state index contributed by atoms with van der Waals surface area (Å²) < 4.78 is 15.7. The molecule has 0 radical (unpaired) electrons. The molecule has 3 rings (SSSR count). The number of hydrogen-bond acceptors (Lipinski definition) is 6. The summed E-state index contributed by atoms with van der Waals surface area (Å²) in [4.78, 5) is 28.5. The number of nitrogens with one attached hydrogen (secondary N) is 1. The number of carbonyl (C=O) groups is 2. The van der Waals surface area contributed by atoms with Gasteiger partial charge in [0.15, 0.2) is 12.3 Å². The summed E-state index contributed by atoms with van der Waals surface area (Å²) in [6.07, 6.45) is 0.929. The van der Waals surface area contributed by atoms with Crippen LogP contribution in [-0.4, -0.2) is 37.7 Å². The lowest BCUT2D eigenvalue weighted by Gasteiger charge is -2.12. The third kappa shape index (κ3) is 4.82. The highest BCUT2D eigenvalue weighted by Crippen LogP contribution is 2.29. The zero-order chi connectivity index (χ0) is 20.8. The molecule has 1 aromatic heterocycles. The van der Waals surface area contributed by atoms with Crippen molar-refractivity contribution in [3.8, 4) is 11.5 Å². The molecule has 0 aliphatic heterocycles. The van der Waals surface area contributed by atoms with Gasteiger partial charge in [-0.15, -0.1) is 0 Å². The van der Waals surface area contributed by atoms with Gasteiger partial charge in [0.05, 0.1) is 19.7 Å². The van der Waals surface area contributed by atoms with Crippen LogP contribution in [0.1, 0.15) is 23.0 Å². The Kier molecular flexibility index (Phi) is 6.29. The number of anilines is 1. The van der Waals surface area contributed by atoms with Crippen molar-refractivity contribution >= 4 is 28.5 Å². The van der Waals surface area contributed by atoms with E-state index in [-0.39, 0.29) is 18.2 Å². The second kappa shape index (κ2) is 9.05. The molecule has 29 heavy (non-hydrogen) atoms. The van der Waals surface area contributed by atoms with Crippen molar-refractivity contribution in [3.05, 3.63) is 59.8 Å². The molecule has 0 aliphatic rings. The molecule has 150 valence electrons. The molecule has 7 nitrogen and oxygen atoms in total. The van der Waals surface area contributed by atoms with Gasteiger partial charge in [-0.1, -0.05) is 19.1 Å². The van der Waals surface area contributed by atoms with E-state index < -0.39 is 5.97 Å². The minimum atomic E-state index is -0.590. The minimum Gasteiger partial charge on any atom is -0.497 e. The predicted molar refractivity (Wildman–Crippen MR) is 110 cm³/mol. The molecule has 0 aliphatic carbocycles. The second-order valence-electron chi connectivity index (χ2n) is 6.27. The van der Waals surface area contributed by atoms with E-state index in [2.05, 4.69) is 17.2 Å². The molecule has 0 unspecified atom stereocenters. The van der Waals surface area contributed by atoms with Crippen LogP contribution in [0.4, 0.5) is 5.69 Å². The van der Waals surface area contributed by atoms with Crippen molar-refractivity contribution in [2.75, 3.05) is 26.1 Å². The zero-order valence-corrected chi connectivity index (χ0v) is 16.5. The van der Waals surface area contributed by atoms with Crippen LogP contribution in [0, 0.1) is 0 Å². The normalized spacial score (nSPS) is 10.4. The molecule has 0 saturated heterocycles. The summed E-state index contributed by atoms with van der Waals surface area (Å²) in [5, 5.41) is 3.41. The van der Waals surface area contributed by atoms with E-state index in [0.717, 1.165) is 6.42 Å². The minimum absolute atomic E-state index is 0.0933. The number of nitrogens with zero attached hydrogens (tertiary/aromatic N) is 1. The molecule has 1 heterocycles. The molecule has 0 saturated carbocycles. The first kappa shape index (κ1) is 20.1. The van der Waals surface area contributed by atoms with E-state index in [1.54, 1.807) is 25.3 Å². The highest BCUT2D eigenvalue weighted by molar-refractivity contribution is 5.95. The Balaban J connectivity index is 1.81. The number of fused-ring (bicyclic) bond motifs is 1. The maximum Gasteiger partial charge on any atom is 0.356 e. The fraction of sp³-hybridized carbons (Fsp3) is 0.227. The SMILES string of the molecule is CCc1ccc(NC(=O)COc2cc(C(=O)OC)nc3ccc(OC)cc23)cc1. The first-order valence-electron chi connectivity index (χ1n) is 9.12. The molecule has 0 bridgehead atoms. The van der Waals surface area contributed by atoms with E-state index >= 15 is 0 Å². The number of pyridine rings is 1. The summed E-state index contributed by atoms with van der Waals surface area (Å²) in [5.41, 5.74) is 2.49. The molecule has 3 aromatic rings. The Morgan fingerprint density at radius 1 is 1.03 bits per heavy atom. The Morgan fingerprint density at radius 2 is 1.79 bits per heavy atom. The number of carbonyl (C=O) groups excluding carboxylic acids is 2. The van der Waals surface area contributed by atoms with Crippen LogP contribution in [0.25, 0.3) is 10.9 Å². The van der Waals surface area contributed by atoms with E-state index in [9.17, 15) is 9.59 Å². The largest absolute Gasteiger partial charge is 0.497 e. The number of aromatic nitrogens is 1. The number of aryl methyl sites for hydroxylation is 1. The van der Waals surface area contributed by atoms with Gasteiger partial charge in [-0.2, -0.15) is 0 Å². The van der Waals surface area contributed by atoms with Crippen molar-refractivity contribution < 1.29 is 23.8 Å². The molecule has 7 heteroatoms. The van der Waals surface area contributed by atoms with Crippen LogP contribution in [0.2, 0.25) is 0 Å². The Morgan fingerprint density at radius 3 is 2.45 bits per heavy atom. The molecular formula is C22H22N2O5. The number of methoxy groups -OCH3 is 2. The van der Waals surface area contributed by atoms with Gasteiger partial charge in [-0.05, 0) is 42.3 Å². The van der Waals surface area contributed by atoms with E-state index in [1.165, 1.54) is 18.7 Å². The van der Waals surface area contributed by atoms with Gasteiger partial charge in [-0.25, -0.2) is 9.78 Å². The van der Waals surface area contributed by atoms with Crippen LogP contribution in [0.15, 0.2) is 48.5 Å². The van der Waals surface area contributed by atoms with Crippen LogP contribution in [-0.2, 0) is 16.0 Å². The number of benzene rings is 2. The summed E-state index contributed by atoms with van der Waals surface area (Å²) in [5.74, 6) is 0.0379. The maximum absolute atomic E-state index is 12.3. The summed E-state index contributed by atoms with van der Waals surface area (Å²) in [6, 6.07) is 14.2. The molecule has 1 N–H and O–H groups in total. The van der Waals surface area contributed by atoms with Crippen LogP contribution in [0.3, 0.4) is 0 Å². The summed E-state index contributed by atoms with van der Waals surface area (Å²) in [7, 11) is 2.83. The molecular weight excluding hydrogens is 372 g/mol. The fourth-order valence-corrected chi connectivity index (χ4v) is 2.79. The molecule has 0 spiro atoms. The monoisotopic (exact) mass is 394 g/mol. The predicted octanol–water partition coefficient (Wildman–Crippen LogP) is 3.61. The van der Waals surface area contributed by atoms with Crippen LogP contribution in [0.5, 0.6) is 11.5 Å². The van der Waals surface area contributed by atoms with Crippen LogP contribution >= 0.6 is 0 Å². The topological polar surface area (TPSA) is 86.8 Å². The average Bonchev–Trinajstić information content (AvgIpc) is 2.76. The van der Waals surface area contributed by atoms with Gasteiger partial charge in [0.25, 0.3) is 5.91 Å². The van der Waals surface area contributed by atoms with E-state index in [1.807, 2.05) is 24.3 Å². The van der Waals surface area contributed by atoms with Crippen molar-refractivity contribution in [2.45, 2.75) is 13.3 Å². The second-order valence-corrected chi connectivity index (χ2v) is 6.27. The standard InChI is InChI=1S/C22H22N2O5/c1-4-14-5-7-15(8-6-14)23-21(25)13-29-20-12-19(22(26)28-3)24-18-10-9-16(27-2)11-17(18)20/h5-12H,4,13H2,1-3H3,(H,23,25). The lowest BCUT2D eigenvalue weighted by molar-refractivity contribution is -0.118. The first-order valence-corrected chi connectivity index (χ1v) is 9.12. The van der Waals surface area contributed by atoms with Gasteiger partial charge in [0.2, 0.25) is 0 Å². The van der Waals surface area contributed by atoms with Gasteiger partial charge >= 0.3 is 5.97 Å². The summed E-state index contributed by atoms with van der Waals surface area (Å²) in [6.45, 7) is 1.84. The number of esters is 1. The first-order chi connectivity index (χ1) is 14.0. The van der Waals surface area contributed by atoms with E-state index in [4.69, 9.17) is 14.2 Å². The average molecular weight is 394 g/mol. The summed E-state index contributed by atoms with van der Waals surface area (Å²) >= 11 is 0. The highest BCUT2D eigenvalue weighted by Gasteiger charge is 2.15. The van der Waals surface area contributed by atoms with Gasteiger partial charge in [-0.3, -0.25) is 4.79 Å². The third-order valence-corrected chi connectivity index (χ3v) is 4.38. The lowest BCUT2D eigenvalue weighted by Crippen LogP contribution is -2.20. The Labute approximate surface area is 168 Å². The highest BCUT2D eigenvalue weighted by atomic mass is 16.5. The number of hydrogen-bond donors (Lipinski definition) is 1. The zero-order valence-electron chi connectivity index (χ0n) is 16.5. The van der Waals surface area contributed by atoms with Crippen molar-refractivity contribution in [2.24, 2.45) is 0 Å². The Hall–Kier alpha value is -3.61. The molecule has 2 aromatic carbocycles. The smallest absolute Gasteiger partial charge is 0.356 e.